The van der Waals surface area contributed by atoms with Crippen LogP contribution >= 0.6 is 11.3 Å². The van der Waals surface area contributed by atoms with Gasteiger partial charge in [-0.3, -0.25) is 4.79 Å². The molecular formula is C15H22N2OS. The lowest BCUT2D eigenvalue weighted by Crippen LogP contribution is -2.38. The van der Waals surface area contributed by atoms with Gasteiger partial charge in [-0.2, -0.15) is 0 Å². The van der Waals surface area contributed by atoms with E-state index in [1.807, 2.05) is 0 Å². The van der Waals surface area contributed by atoms with E-state index >= 15 is 0 Å². The third kappa shape index (κ3) is 3.18. The maximum atomic E-state index is 12.1. The van der Waals surface area contributed by atoms with Crippen molar-refractivity contribution in [1.82, 2.24) is 5.32 Å². The lowest BCUT2D eigenvalue weighted by Gasteiger charge is -2.10. The predicted octanol–water partition coefficient (Wildman–Crippen LogP) is 2.48. The Labute approximate surface area is 118 Å². The number of amides is 1. The highest BCUT2D eigenvalue weighted by atomic mass is 32.1. The Balaban J connectivity index is 1.60. The Hall–Kier alpha value is -0.870. The van der Waals surface area contributed by atoms with Crippen LogP contribution in [-0.2, 0) is 12.8 Å². The molecule has 2 aliphatic rings. The van der Waals surface area contributed by atoms with Gasteiger partial charge in [-0.1, -0.05) is 6.42 Å². The van der Waals surface area contributed by atoms with Crippen LogP contribution in [0.15, 0.2) is 6.07 Å². The molecule has 1 fully saturated rings. The van der Waals surface area contributed by atoms with Gasteiger partial charge in [0.05, 0.1) is 4.88 Å². The molecule has 0 radical (unpaired) electrons. The lowest BCUT2D eigenvalue weighted by molar-refractivity contribution is 0.0954. The number of hydrogen-bond donors (Lipinski definition) is 2. The van der Waals surface area contributed by atoms with Crippen molar-refractivity contribution in [2.45, 2.75) is 51.0 Å². The number of hydrogen-bond acceptors (Lipinski definition) is 3. The number of rotatable bonds is 4. The molecule has 3 N–H and O–H groups in total. The van der Waals surface area contributed by atoms with Gasteiger partial charge in [0.25, 0.3) is 5.91 Å². The number of thiophene rings is 1. The molecule has 1 atom stereocenters. The Morgan fingerprint density at radius 3 is 2.95 bits per heavy atom. The molecule has 0 spiro atoms. The molecule has 1 amide bonds. The van der Waals surface area contributed by atoms with Crippen LogP contribution in [0.5, 0.6) is 0 Å². The molecule has 0 saturated heterocycles. The minimum Gasteiger partial charge on any atom is -0.350 e. The molecule has 0 aliphatic heterocycles. The second kappa shape index (κ2) is 5.63. The molecule has 1 heterocycles. The van der Waals surface area contributed by atoms with Gasteiger partial charge in [-0.15, -0.1) is 11.3 Å². The summed E-state index contributed by atoms with van der Waals surface area (Å²) in [7, 11) is 0. The standard InChI is InChI=1S/C15H22N2OS/c16-12(10-6-7-10)9-17-15(18)14-8-11-4-2-1-3-5-13(11)19-14/h8,10,12H,1-7,9,16H2,(H,17,18). The van der Waals surface area contributed by atoms with Crippen LogP contribution in [0.4, 0.5) is 0 Å². The zero-order chi connectivity index (χ0) is 13.2. The summed E-state index contributed by atoms with van der Waals surface area (Å²) >= 11 is 1.68. The largest absolute Gasteiger partial charge is 0.350 e. The highest BCUT2D eigenvalue weighted by molar-refractivity contribution is 7.14. The molecule has 19 heavy (non-hydrogen) atoms. The van der Waals surface area contributed by atoms with Crippen LogP contribution in [0.3, 0.4) is 0 Å². The zero-order valence-corrected chi connectivity index (χ0v) is 12.1. The van der Waals surface area contributed by atoms with Crippen molar-refractivity contribution in [3.8, 4) is 0 Å². The number of fused-ring (bicyclic) bond motifs is 1. The summed E-state index contributed by atoms with van der Waals surface area (Å²) in [5.74, 6) is 0.703. The maximum Gasteiger partial charge on any atom is 0.261 e. The highest BCUT2D eigenvalue weighted by Crippen LogP contribution is 2.31. The summed E-state index contributed by atoms with van der Waals surface area (Å²) in [6.45, 7) is 0.617. The van der Waals surface area contributed by atoms with Crippen LogP contribution in [0, 0.1) is 5.92 Å². The summed E-state index contributed by atoms with van der Waals surface area (Å²) in [5, 5.41) is 2.99. The lowest BCUT2D eigenvalue weighted by atomic mass is 10.1. The van der Waals surface area contributed by atoms with Gasteiger partial charge >= 0.3 is 0 Å². The first-order valence-electron chi connectivity index (χ1n) is 7.39. The molecular weight excluding hydrogens is 256 g/mol. The Morgan fingerprint density at radius 2 is 2.16 bits per heavy atom. The normalized spacial score (nSPS) is 20.5. The zero-order valence-electron chi connectivity index (χ0n) is 11.3. The van der Waals surface area contributed by atoms with Crippen molar-refractivity contribution in [2.75, 3.05) is 6.54 Å². The predicted molar refractivity (Wildman–Crippen MR) is 78.6 cm³/mol. The van der Waals surface area contributed by atoms with E-state index in [1.54, 1.807) is 11.3 Å². The van der Waals surface area contributed by atoms with E-state index in [1.165, 1.54) is 42.5 Å². The fourth-order valence-electron chi connectivity index (χ4n) is 2.77. The van der Waals surface area contributed by atoms with Gasteiger partial charge in [0.1, 0.15) is 0 Å². The topological polar surface area (TPSA) is 55.1 Å². The van der Waals surface area contributed by atoms with Crippen LogP contribution in [0.1, 0.15) is 52.2 Å². The van der Waals surface area contributed by atoms with E-state index < -0.39 is 0 Å². The Bertz CT molecular complexity index is 441. The number of carbonyl (C=O) groups is 1. The smallest absolute Gasteiger partial charge is 0.261 e. The summed E-state index contributed by atoms with van der Waals surface area (Å²) in [5.41, 5.74) is 7.41. The van der Waals surface area contributed by atoms with Gasteiger partial charge in [0.2, 0.25) is 0 Å². The molecule has 104 valence electrons. The monoisotopic (exact) mass is 278 g/mol. The average molecular weight is 278 g/mol. The van der Waals surface area contributed by atoms with Crippen LogP contribution < -0.4 is 11.1 Å². The number of aryl methyl sites for hydroxylation is 2. The molecule has 1 saturated carbocycles. The van der Waals surface area contributed by atoms with Gasteiger partial charge < -0.3 is 11.1 Å². The molecule has 2 aliphatic carbocycles. The minimum absolute atomic E-state index is 0.0640. The third-order valence-electron chi connectivity index (χ3n) is 4.20. The van der Waals surface area contributed by atoms with Crippen molar-refractivity contribution in [3.63, 3.8) is 0 Å². The first-order chi connectivity index (χ1) is 9.24. The molecule has 3 nitrogen and oxygen atoms in total. The van der Waals surface area contributed by atoms with E-state index in [0.29, 0.717) is 12.5 Å². The highest BCUT2D eigenvalue weighted by Gasteiger charge is 2.28. The second-order valence-corrected chi connectivity index (χ2v) is 6.97. The fourth-order valence-corrected chi connectivity index (χ4v) is 3.94. The SMILES string of the molecule is NC(CNC(=O)c1cc2c(s1)CCCCC2)C1CC1. The van der Waals surface area contributed by atoms with Gasteiger partial charge in [0, 0.05) is 17.5 Å². The molecule has 4 heteroatoms. The van der Waals surface area contributed by atoms with E-state index in [2.05, 4.69) is 11.4 Å². The first kappa shape index (κ1) is 13.1. The van der Waals surface area contributed by atoms with Crippen LogP contribution in [0.2, 0.25) is 0 Å². The minimum atomic E-state index is 0.0640. The average Bonchev–Trinajstić information content (AvgIpc) is 3.21. The van der Waals surface area contributed by atoms with Crippen molar-refractivity contribution in [3.05, 3.63) is 21.4 Å². The van der Waals surface area contributed by atoms with Crippen LogP contribution in [-0.4, -0.2) is 18.5 Å². The quantitative estimate of drug-likeness (QED) is 0.831. The molecule has 1 aromatic heterocycles. The van der Waals surface area contributed by atoms with E-state index in [-0.39, 0.29) is 11.9 Å². The summed E-state index contributed by atoms with van der Waals surface area (Å²) < 4.78 is 0. The van der Waals surface area contributed by atoms with Crippen LogP contribution in [0.25, 0.3) is 0 Å². The number of nitrogens with one attached hydrogen (secondary N) is 1. The molecule has 0 aromatic carbocycles. The van der Waals surface area contributed by atoms with E-state index in [9.17, 15) is 4.79 Å². The Morgan fingerprint density at radius 1 is 1.37 bits per heavy atom. The van der Waals surface area contributed by atoms with Crippen molar-refractivity contribution in [1.29, 1.82) is 0 Å². The molecule has 3 rings (SSSR count). The van der Waals surface area contributed by atoms with E-state index in [4.69, 9.17) is 5.73 Å². The first-order valence-corrected chi connectivity index (χ1v) is 8.21. The van der Waals surface area contributed by atoms with Gasteiger partial charge in [-0.25, -0.2) is 0 Å². The fraction of sp³-hybridized carbons (Fsp3) is 0.667. The summed E-state index contributed by atoms with van der Waals surface area (Å²) in [4.78, 5) is 14.4. The third-order valence-corrected chi connectivity index (χ3v) is 5.43. The number of nitrogens with two attached hydrogens (primary N) is 1. The van der Waals surface area contributed by atoms with E-state index in [0.717, 1.165) is 17.7 Å². The molecule has 0 bridgehead atoms. The second-order valence-electron chi connectivity index (χ2n) is 5.83. The maximum absolute atomic E-state index is 12.1. The van der Waals surface area contributed by atoms with Crippen molar-refractivity contribution in [2.24, 2.45) is 11.7 Å². The van der Waals surface area contributed by atoms with Crippen molar-refractivity contribution < 1.29 is 4.79 Å². The summed E-state index contributed by atoms with van der Waals surface area (Å²) in [6, 6.07) is 2.24. The molecule has 1 aromatic rings. The summed E-state index contributed by atoms with van der Waals surface area (Å²) in [6.07, 6.45) is 8.59. The Kier molecular flexibility index (Phi) is 3.89. The van der Waals surface area contributed by atoms with Gasteiger partial charge in [0.15, 0.2) is 0 Å². The van der Waals surface area contributed by atoms with Gasteiger partial charge in [-0.05, 0) is 56.1 Å². The molecule has 1 unspecified atom stereocenters. The van der Waals surface area contributed by atoms with Crippen molar-refractivity contribution >= 4 is 17.2 Å². The number of carbonyl (C=O) groups excluding carboxylic acids is 1.